The summed E-state index contributed by atoms with van der Waals surface area (Å²) in [5, 5.41) is 10.2. The summed E-state index contributed by atoms with van der Waals surface area (Å²) >= 11 is 0. The van der Waals surface area contributed by atoms with Gasteiger partial charge in [0.1, 0.15) is 5.78 Å². The second kappa shape index (κ2) is 11.0. The van der Waals surface area contributed by atoms with Crippen LogP contribution in [0.15, 0.2) is 48.1 Å². The molecule has 0 radical (unpaired) electrons. The lowest BCUT2D eigenvalue weighted by Gasteiger charge is -2.34. The minimum atomic E-state index is -0.558. The van der Waals surface area contributed by atoms with Crippen molar-refractivity contribution in [2.24, 2.45) is 5.41 Å². The third-order valence-electron chi connectivity index (χ3n) is 3.59. The van der Waals surface area contributed by atoms with Crippen LogP contribution in [-0.2, 0) is 4.79 Å². The van der Waals surface area contributed by atoms with E-state index in [1.807, 2.05) is 63.6 Å². The van der Waals surface area contributed by atoms with E-state index in [4.69, 9.17) is 0 Å². The number of hydrogen-bond donors (Lipinski definition) is 1. The third kappa shape index (κ3) is 10.1. The van der Waals surface area contributed by atoms with Crippen LogP contribution in [0.5, 0.6) is 0 Å². The minimum absolute atomic E-state index is 0.162. The number of Topliss-reactive ketones (excluding diaryl/α,β-unsaturated/α-hetero) is 1. The molecule has 0 aromatic carbocycles. The molecule has 1 N–H and O–H groups in total. The lowest BCUT2D eigenvalue weighted by atomic mass is 9.80. The summed E-state index contributed by atoms with van der Waals surface area (Å²) in [7, 11) is 0. The molecule has 0 aliphatic rings. The number of carbonyl (C=O) groups excluding carboxylic acids is 1. The highest BCUT2D eigenvalue weighted by Gasteiger charge is 2.23. The first-order valence-electron chi connectivity index (χ1n) is 7.78. The molecule has 0 amide bonds. The van der Waals surface area contributed by atoms with Crippen LogP contribution in [0.1, 0.15) is 47.5 Å². The Bertz CT molecular complexity index is 437. The molecule has 2 nitrogen and oxygen atoms in total. The Hall–Kier alpha value is -1.67. The lowest BCUT2D eigenvalue weighted by Crippen LogP contribution is -2.29. The maximum absolute atomic E-state index is 11.0. The van der Waals surface area contributed by atoms with Crippen LogP contribution in [0.2, 0.25) is 0 Å². The van der Waals surface area contributed by atoms with Crippen molar-refractivity contribution in [2.45, 2.75) is 53.6 Å². The maximum Gasteiger partial charge on any atom is 0.129 e. The minimum Gasteiger partial charge on any atom is -0.407 e. The average Bonchev–Trinajstić information content (AvgIpc) is 2.47. The van der Waals surface area contributed by atoms with Gasteiger partial charge in [0.15, 0.2) is 0 Å². The van der Waals surface area contributed by atoms with Gasteiger partial charge < -0.3 is 22.1 Å². The number of carbonyl (C=O) groups is 1. The topological polar surface area (TPSA) is 37.3 Å². The summed E-state index contributed by atoms with van der Waals surface area (Å²) in [6.07, 6.45) is 18.0. The van der Waals surface area contributed by atoms with Crippen LogP contribution in [-0.4, -0.2) is 17.0 Å². The van der Waals surface area contributed by atoms with Crippen molar-refractivity contribution in [1.82, 2.24) is 0 Å². The van der Waals surface area contributed by atoms with E-state index in [1.165, 1.54) is 5.57 Å². The molecule has 0 aliphatic carbocycles. The SMILES string of the molecule is CC=C(C)/C=C/C=C/[CH-]C=C[CH-]C(O)C(C)(C)CCC(C)=O. The van der Waals surface area contributed by atoms with Gasteiger partial charge >= 0.3 is 0 Å². The zero-order valence-corrected chi connectivity index (χ0v) is 14.5. The quantitative estimate of drug-likeness (QED) is 0.465. The zero-order chi connectivity index (χ0) is 17.0. The third-order valence-corrected chi connectivity index (χ3v) is 3.59. The van der Waals surface area contributed by atoms with Gasteiger partial charge in [0.05, 0.1) is 0 Å². The summed E-state index contributed by atoms with van der Waals surface area (Å²) in [5.41, 5.74) is 0.933. The van der Waals surface area contributed by atoms with Gasteiger partial charge in [-0.1, -0.05) is 31.6 Å². The molecular weight excluding hydrogens is 272 g/mol. The van der Waals surface area contributed by atoms with E-state index in [0.29, 0.717) is 12.8 Å². The van der Waals surface area contributed by atoms with Crippen LogP contribution in [0.3, 0.4) is 0 Å². The molecule has 0 aromatic rings. The van der Waals surface area contributed by atoms with Crippen molar-refractivity contribution in [2.75, 3.05) is 0 Å². The van der Waals surface area contributed by atoms with Crippen LogP contribution in [0.25, 0.3) is 0 Å². The summed E-state index contributed by atoms with van der Waals surface area (Å²) in [5.74, 6) is 0.162. The predicted molar refractivity (Wildman–Crippen MR) is 95.2 cm³/mol. The van der Waals surface area contributed by atoms with Gasteiger partial charge in [-0.2, -0.15) is 12.2 Å². The van der Waals surface area contributed by atoms with Crippen molar-refractivity contribution in [1.29, 1.82) is 0 Å². The Morgan fingerprint density at radius 1 is 1.18 bits per heavy atom. The van der Waals surface area contributed by atoms with Gasteiger partial charge in [-0.3, -0.25) is 12.8 Å². The fourth-order valence-electron chi connectivity index (χ4n) is 1.64. The van der Waals surface area contributed by atoms with Gasteiger partial charge in [-0.05, 0) is 32.6 Å². The van der Waals surface area contributed by atoms with E-state index < -0.39 is 6.10 Å². The van der Waals surface area contributed by atoms with Gasteiger partial charge in [-0.25, -0.2) is 0 Å². The van der Waals surface area contributed by atoms with Crippen LogP contribution < -0.4 is 0 Å². The Labute approximate surface area is 136 Å². The Morgan fingerprint density at radius 3 is 2.45 bits per heavy atom. The second-order valence-electron chi connectivity index (χ2n) is 6.18. The van der Waals surface area contributed by atoms with Crippen LogP contribution in [0, 0.1) is 18.3 Å². The first kappa shape index (κ1) is 20.3. The second-order valence-corrected chi connectivity index (χ2v) is 6.18. The smallest absolute Gasteiger partial charge is 0.129 e. The lowest BCUT2D eigenvalue weighted by molar-refractivity contribution is -0.117. The molecule has 0 spiro atoms. The van der Waals surface area contributed by atoms with Gasteiger partial charge in [0.25, 0.3) is 0 Å². The normalized spacial score (nSPS) is 14.9. The van der Waals surface area contributed by atoms with Crippen molar-refractivity contribution in [3.63, 3.8) is 0 Å². The van der Waals surface area contributed by atoms with E-state index >= 15 is 0 Å². The molecule has 0 aromatic heterocycles. The van der Waals surface area contributed by atoms with Gasteiger partial charge in [-0.15, -0.1) is 6.08 Å². The highest BCUT2D eigenvalue weighted by molar-refractivity contribution is 5.75. The maximum atomic E-state index is 11.0. The Morgan fingerprint density at radius 2 is 1.86 bits per heavy atom. The summed E-state index contributed by atoms with van der Waals surface area (Å²) in [6.45, 7) is 9.60. The number of ketones is 1. The van der Waals surface area contributed by atoms with Crippen molar-refractivity contribution >= 4 is 5.78 Å². The molecule has 0 saturated carbocycles. The largest absolute Gasteiger partial charge is 0.407 e. The molecule has 124 valence electrons. The molecule has 0 saturated heterocycles. The van der Waals surface area contributed by atoms with E-state index in [1.54, 1.807) is 13.3 Å². The van der Waals surface area contributed by atoms with Crippen molar-refractivity contribution in [3.05, 3.63) is 60.9 Å². The summed E-state index contributed by atoms with van der Waals surface area (Å²) in [6, 6.07) is 0. The number of aliphatic hydroxyl groups is 1. The molecule has 1 atom stereocenters. The molecular formula is C20H30O2-2. The van der Waals surface area contributed by atoms with Crippen LogP contribution >= 0.6 is 0 Å². The molecule has 22 heavy (non-hydrogen) atoms. The number of rotatable bonds is 10. The van der Waals surface area contributed by atoms with Gasteiger partial charge in [0, 0.05) is 12.5 Å². The van der Waals surface area contributed by atoms with Crippen molar-refractivity contribution < 1.29 is 9.90 Å². The number of aliphatic hydroxyl groups excluding tert-OH is 1. The highest BCUT2D eigenvalue weighted by atomic mass is 16.3. The average molecular weight is 302 g/mol. The standard InChI is InChI=1S/C20H30O2/c1-6-17(2)13-11-9-7-8-10-12-14-19(22)20(4,5)16-15-18(3)21/h6-14,19,22H,15-16H2,1-5H3/q-2/b9-7+,12-10?,13-11+,17-6?. The first-order chi connectivity index (χ1) is 10.3. The van der Waals surface area contributed by atoms with E-state index in [2.05, 4.69) is 13.0 Å². The molecule has 0 rings (SSSR count). The summed E-state index contributed by atoms with van der Waals surface area (Å²) < 4.78 is 0. The highest BCUT2D eigenvalue weighted by Crippen LogP contribution is 2.28. The Kier molecular flexibility index (Phi) is 10.1. The molecule has 2 heteroatoms. The monoisotopic (exact) mass is 302 g/mol. The van der Waals surface area contributed by atoms with Crippen LogP contribution in [0.4, 0.5) is 0 Å². The fraction of sp³-hybridized carbons (Fsp3) is 0.450. The molecule has 0 bridgehead atoms. The van der Waals surface area contributed by atoms with Crippen molar-refractivity contribution in [3.8, 4) is 0 Å². The van der Waals surface area contributed by atoms with E-state index in [0.717, 1.165) is 0 Å². The first-order valence-corrected chi connectivity index (χ1v) is 7.78. The predicted octanol–water partition coefficient (Wildman–Crippen LogP) is 4.79. The molecule has 1 unspecified atom stereocenters. The number of hydrogen-bond acceptors (Lipinski definition) is 2. The van der Waals surface area contributed by atoms with E-state index in [-0.39, 0.29) is 11.2 Å². The number of allylic oxidation sites excluding steroid dienone is 7. The molecule has 0 fully saturated rings. The molecule has 0 heterocycles. The van der Waals surface area contributed by atoms with Gasteiger partial charge in [0.2, 0.25) is 0 Å². The fourth-order valence-corrected chi connectivity index (χ4v) is 1.64. The molecule has 0 aliphatic heterocycles. The summed E-state index contributed by atoms with van der Waals surface area (Å²) in [4.78, 5) is 11.0. The Balaban J connectivity index is 4.08. The van der Waals surface area contributed by atoms with E-state index in [9.17, 15) is 9.90 Å². The zero-order valence-electron chi connectivity index (χ0n) is 14.5.